The van der Waals surface area contributed by atoms with E-state index in [0.29, 0.717) is 10.7 Å². The van der Waals surface area contributed by atoms with Crippen LogP contribution < -0.4 is 10.6 Å². The van der Waals surface area contributed by atoms with Crippen molar-refractivity contribution in [3.63, 3.8) is 0 Å². The number of hydrogen-bond donors (Lipinski definition) is 2. The molecule has 7 heteroatoms. The SMILES string of the molecule is CCCc1c(C(=O)NC2CCNC2)nnn1-c1cccc(Cl)c1. The minimum atomic E-state index is -0.157. The lowest BCUT2D eigenvalue weighted by Crippen LogP contribution is -2.36. The van der Waals surface area contributed by atoms with Crippen LogP contribution in [-0.4, -0.2) is 40.0 Å². The standard InChI is InChI=1S/C16H20ClN5O/c1-2-4-14-15(16(23)19-12-7-8-18-10-12)20-21-22(14)13-6-3-5-11(17)9-13/h3,5-6,9,12,18H,2,4,7-8,10H2,1H3,(H,19,23). The van der Waals surface area contributed by atoms with Gasteiger partial charge in [-0.25, -0.2) is 4.68 Å². The first-order valence-electron chi connectivity index (χ1n) is 7.91. The van der Waals surface area contributed by atoms with Crippen molar-refractivity contribution in [3.05, 3.63) is 40.7 Å². The van der Waals surface area contributed by atoms with Gasteiger partial charge in [-0.1, -0.05) is 36.2 Å². The molecule has 23 heavy (non-hydrogen) atoms. The normalized spacial score (nSPS) is 17.4. The van der Waals surface area contributed by atoms with Crippen molar-refractivity contribution in [3.8, 4) is 5.69 Å². The average Bonchev–Trinajstić information content (AvgIpc) is 3.17. The Kier molecular flexibility index (Phi) is 4.93. The Bertz CT molecular complexity index is 694. The Hall–Kier alpha value is -1.92. The first kappa shape index (κ1) is 16.0. The summed E-state index contributed by atoms with van der Waals surface area (Å²) < 4.78 is 1.71. The van der Waals surface area contributed by atoms with Gasteiger partial charge in [0.05, 0.1) is 11.4 Å². The molecule has 1 atom stereocenters. The quantitative estimate of drug-likeness (QED) is 0.877. The Morgan fingerprint density at radius 1 is 1.52 bits per heavy atom. The van der Waals surface area contributed by atoms with Gasteiger partial charge in [0.1, 0.15) is 0 Å². The Morgan fingerprint density at radius 3 is 3.09 bits per heavy atom. The molecule has 1 aromatic carbocycles. The van der Waals surface area contributed by atoms with Crippen LogP contribution in [0.4, 0.5) is 0 Å². The third-order valence-corrected chi connectivity index (χ3v) is 4.15. The smallest absolute Gasteiger partial charge is 0.274 e. The zero-order valence-corrected chi connectivity index (χ0v) is 13.8. The molecule has 0 saturated carbocycles. The van der Waals surface area contributed by atoms with E-state index >= 15 is 0 Å². The van der Waals surface area contributed by atoms with Crippen molar-refractivity contribution in [2.75, 3.05) is 13.1 Å². The van der Waals surface area contributed by atoms with E-state index < -0.39 is 0 Å². The highest BCUT2D eigenvalue weighted by Crippen LogP contribution is 2.18. The zero-order chi connectivity index (χ0) is 16.2. The summed E-state index contributed by atoms with van der Waals surface area (Å²) in [6.45, 7) is 3.80. The van der Waals surface area contributed by atoms with Crippen molar-refractivity contribution in [2.24, 2.45) is 0 Å². The second kappa shape index (κ2) is 7.10. The molecule has 0 aliphatic carbocycles. The van der Waals surface area contributed by atoms with E-state index in [1.807, 2.05) is 24.3 Å². The predicted molar refractivity (Wildman–Crippen MR) is 89.1 cm³/mol. The van der Waals surface area contributed by atoms with Gasteiger partial charge in [-0.3, -0.25) is 4.79 Å². The summed E-state index contributed by atoms with van der Waals surface area (Å²) >= 11 is 6.06. The van der Waals surface area contributed by atoms with Gasteiger partial charge in [0, 0.05) is 17.6 Å². The Morgan fingerprint density at radius 2 is 2.39 bits per heavy atom. The fourth-order valence-electron chi connectivity index (χ4n) is 2.79. The van der Waals surface area contributed by atoms with E-state index in [4.69, 9.17) is 11.6 Å². The van der Waals surface area contributed by atoms with Crippen molar-refractivity contribution in [1.82, 2.24) is 25.6 Å². The minimum Gasteiger partial charge on any atom is -0.347 e. The van der Waals surface area contributed by atoms with Gasteiger partial charge in [0.15, 0.2) is 5.69 Å². The number of nitrogens with zero attached hydrogens (tertiary/aromatic N) is 3. The highest BCUT2D eigenvalue weighted by Gasteiger charge is 2.23. The summed E-state index contributed by atoms with van der Waals surface area (Å²) in [7, 11) is 0. The summed E-state index contributed by atoms with van der Waals surface area (Å²) in [6, 6.07) is 7.55. The molecule has 1 amide bonds. The van der Waals surface area contributed by atoms with Gasteiger partial charge in [-0.15, -0.1) is 5.10 Å². The monoisotopic (exact) mass is 333 g/mol. The van der Waals surface area contributed by atoms with Crippen LogP contribution in [-0.2, 0) is 6.42 Å². The molecule has 2 N–H and O–H groups in total. The fraction of sp³-hybridized carbons (Fsp3) is 0.438. The van der Waals surface area contributed by atoms with Crippen LogP contribution in [0.3, 0.4) is 0 Å². The van der Waals surface area contributed by atoms with Crippen LogP contribution >= 0.6 is 11.6 Å². The molecule has 3 rings (SSSR count). The second-order valence-corrected chi connectivity index (χ2v) is 6.13. The fourth-order valence-corrected chi connectivity index (χ4v) is 2.97. The van der Waals surface area contributed by atoms with E-state index in [1.54, 1.807) is 4.68 Å². The molecule has 1 saturated heterocycles. The van der Waals surface area contributed by atoms with Gasteiger partial charge in [-0.2, -0.15) is 0 Å². The van der Waals surface area contributed by atoms with Gasteiger partial charge in [-0.05, 0) is 37.6 Å². The van der Waals surface area contributed by atoms with Gasteiger partial charge >= 0.3 is 0 Å². The van der Waals surface area contributed by atoms with E-state index in [0.717, 1.165) is 43.7 Å². The van der Waals surface area contributed by atoms with Crippen LogP contribution in [0.25, 0.3) is 5.69 Å². The van der Waals surface area contributed by atoms with Crippen LogP contribution in [0.2, 0.25) is 5.02 Å². The molecular formula is C16H20ClN5O. The molecule has 122 valence electrons. The lowest BCUT2D eigenvalue weighted by atomic mass is 10.1. The molecule has 6 nitrogen and oxygen atoms in total. The summed E-state index contributed by atoms with van der Waals surface area (Å²) in [6.07, 6.45) is 2.57. The van der Waals surface area contributed by atoms with Crippen LogP contribution in [0.1, 0.15) is 35.9 Å². The third kappa shape index (κ3) is 3.54. The first-order valence-corrected chi connectivity index (χ1v) is 8.29. The van der Waals surface area contributed by atoms with Crippen LogP contribution in [0, 0.1) is 0 Å². The minimum absolute atomic E-state index is 0.157. The maximum Gasteiger partial charge on any atom is 0.274 e. The van der Waals surface area contributed by atoms with Crippen molar-refractivity contribution in [1.29, 1.82) is 0 Å². The molecular weight excluding hydrogens is 314 g/mol. The largest absolute Gasteiger partial charge is 0.347 e. The summed E-state index contributed by atoms with van der Waals surface area (Å²) in [5, 5.41) is 15.2. The van der Waals surface area contributed by atoms with Crippen molar-refractivity contribution >= 4 is 17.5 Å². The molecule has 1 unspecified atom stereocenters. The summed E-state index contributed by atoms with van der Waals surface area (Å²) in [5.41, 5.74) is 2.03. The van der Waals surface area contributed by atoms with E-state index in [1.165, 1.54) is 0 Å². The average molecular weight is 334 g/mol. The maximum atomic E-state index is 12.5. The summed E-state index contributed by atoms with van der Waals surface area (Å²) in [4.78, 5) is 12.5. The Labute approximate surface area is 140 Å². The van der Waals surface area contributed by atoms with Crippen LogP contribution in [0.15, 0.2) is 24.3 Å². The topological polar surface area (TPSA) is 71.8 Å². The van der Waals surface area contributed by atoms with Gasteiger partial charge in [0.25, 0.3) is 5.91 Å². The molecule has 0 spiro atoms. The molecule has 1 aromatic heterocycles. The molecule has 1 aliphatic heterocycles. The molecule has 0 bridgehead atoms. The number of amides is 1. The number of rotatable bonds is 5. The highest BCUT2D eigenvalue weighted by atomic mass is 35.5. The predicted octanol–water partition coefficient (Wildman–Crippen LogP) is 1.96. The third-order valence-electron chi connectivity index (χ3n) is 3.91. The molecule has 2 aromatic rings. The molecule has 0 radical (unpaired) electrons. The van der Waals surface area contributed by atoms with Gasteiger partial charge < -0.3 is 10.6 Å². The second-order valence-electron chi connectivity index (χ2n) is 5.69. The van der Waals surface area contributed by atoms with E-state index in [2.05, 4.69) is 27.9 Å². The molecule has 1 aliphatic rings. The highest BCUT2D eigenvalue weighted by molar-refractivity contribution is 6.30. The Balaban J connectivity index is 1.90. The maximum absolute atomic E-state index is 12.5. The molecule has 1 fully saturated rings. The lowest BCUT2D eigenvalue weighted by molar-refractivity contribution is 0.0934. The van der Waals surface area contributed by atoms with E-state index in [9.17, 15) is 4.79 Å². The van der Waals surface area contributed by atoms with E-state index in [-0.39, 0.29) is 11.9 Å². The number of carbonyl (C=O) groups excluding carboxylic acids is 1. The number of carbonyl (C=O) groups is 1. The van der Waals surface area contributed by atoms with Crippen molar-refractivity contribution < 1.29 is 4.79 Å². The number of halogens is 1. The lowest BCUT2D eigenvalue weighted by Gasteiger charge is -2.11. The number of aromatic nitrogens is 3. The number of nitrogens with one attached hydrogen (secondary N) is 2. The number of hydrogen-bond acceptors (Lipinski definition) is 4. The zero-order valence-electron chi connectivity index (χ0n) is 13.1. The van der Waals surface area contributed by atoms with Gasteiger partial charge in [0.2, 0.25) is 0 Å². The summed E-state index contributed by atoms with van der Waals surface area (Å²) in [5.74, 6) is -0.157. The van der Waals surface area contributed by atoms with Crippen molar-refractivity contribution in [2.45, 2.75) is 32.2 Å². The first-order chi connectivity index (χ1) is 11.2. The molecule has 2 heterocycles. The van der Waals surface area contributed by atoms with Crippen LogP contribution in [0.5, 0.6) is 0 Å². The number of benzene rings is 1.